The Morgan fingerprint density at radius 3 is 2.89 bits per heavy atom. The van der Waals surface area contributed by atoms with Gasteiger partial charge in [-0.2, -0.15) is 0 Å². The molecule has 1 amide bonds. The Morgan fingerprint density at radius 1 is 1.42 bits per heavy atom. The summed E-state index contributed by atoms with van der Waals surface area (Å²) in [4.78, 5) is 11.6. The maximum Gasteiger partial charge on any atom is 0.220 e. The fourth-order valence-electron chi connectivity index (χ4n) is 2.23. The van der Waals surface area contributed by atoms with Crippen LogP contribution < -0.4 is 10.6 Å². The van der Waals surface area contributed by atoms with Crippen LogP contribution in [0, 0.1) is 5.82 Å². The van der Waals surface area contributed by atoms with E-state index < -0.39 is 0 Å². The third kappa shape index (κ3) is 5.17. The molecule has 2 N–H and O–H groups in total. The molecule has 1 unspecified atom stereocenters. The lowest BCUT2D eigenvalue weighted by molar-refractivity contribution is -0.121. The Balaban J connectivity index is 0.00000180. The van der Waals surface area contributed by atoms with Crippen molar-refractivity contribution >= 4 is 18.3 Å². The van der Waals surface area contributed by atoms with Gasteiger partial charge in [0, 0.05) is 24.6 Å². The van der Waals surface area contributed by atoms with Crippen molar-refractivity contribution in [1.29, 1.82) is 0 Å². The second-order valence-electron chi connectivity index (χ2n) is 4.70. The standard InChI is InChI=1S/C14H19FN2O.ClH/c15-13-6-2-1-4-11(13)10-17-14(18)8-7-12-5-3-9-16-12;/h1-2,4,6,12,16H,3,5,7-10H2,(H,17,18);1H. The van der Waals surface area contributed by atoms with E-state index in [0.29, 0.717) is 18.0 Å². The van der Waals surface area contributed by atoms with E-state index in [4.69, 9.17) is 0 Å². The first kappa shape index (κ1) is 15.9. The first-order valence-corrected chi connectivity index (χ1v) is 6.49. The molecule has 1 aromatic carbocycles. The van der Waals surface area contributed by atoms with E-state index in [1.54, 1.807) is 18.2 Å². The normalized spacial score (nSPS) is 17.8. The van der Waals surface area contributed by atoms with Crippen molar-refractivity contribution in [3.05, 3.63) is 35.6 Å². The van der Waals surface area contributed by atoms with Gasteiger partial charge in [-0.3, -0.25) is 4.79 Å². The van der Waals surface area contributed by atoms with Crippen LogP contribution in [-0.2, 0) is 11.3 Å². The zero-order valence-electron chi connectivity index (χ0n) is 10.8. The van der Waals surface area contributed by atoms with Crippen LogP contribution in [0.3, 0.4) is 0 Å². The molecule has 1 aromatic rings. The van der Waals surface area contributed by atoms with Crippen LogP contribution in [0.1, 0.15) is 31.2 Å². The van der Waals surface area contributed by atoms with Crippen LogP contribution in [0.25, 0.3) is 0 Å². The van der Waals surface area contributed by atoms with Gasteiger partial charge >= 0.3 is 0 Å². The lowest BCUT2D eigenvalue weighted by Gasteiger charge is -2.10. The molecule has 2 rings (SSSR count). The summed E-state index contributed by atoms with van der Waals surface area (Å²) in [6, 6.07) is 6.99. The Labute approximate surface area is 119 Å². The Hall–Kier alpha value is -1.13. The number of carbonyl (C=O) groups is 1. The minimum absolute atomic E-state index is 0. The third-order valence-corrected chi connectivity index (χ3v) is 3.32. The van der Waals surface area contributed by atoms with Gasteiger partial charge in [-0.15, -0.1) is 12.4 Å². The highest BCUT2D eigenvalue weighted by atomic mass is 35.5. The fourth-order valence-corrected chi connectivity index (χ4v) is 2.23. The van der Waals surface area contributed by atoms with Crippen molar-refractivity contribution in [3.63, 3.8) is 0 Å². The first-order valence-electron chi connectivity index (χ1n) is 6.49. The van der Waals surface area contributed by atoms with E-state index in [1.165, 1.54) is 12.5 Å². The van der Waals surface area contributed by atoms with Crippen LogP contribution in [0.5, 0.6) is 0 Å². The summed E-state index contributed by atoms with van der Waals surface area (Å²) < 4.78 is 13.3. The van der Waals surface area contributed by atoms with Crippen LogP contribution in [0.4, 0.5) is 4.39 Å². The maximum atomic E-state index is 13.3. The van der Waals surface area contributed by atoms with E-state index in [2.05, 4.69) is 10.6 Å². The molecule has 3 nitrogen and oxygen atoms in total. The van der Waals surface area contributed by atoms with Crippen LogP contribution in [-0.4, -0.2) is 18.5 Å². The molecule has 1 aliphatic heterocycles. The Kier molecular flexibility index (Phi) is 6.81. The number of halogens is 2. The third-order valence-electron chi connectivity index (χ3n) is 3.32. The summed E-state index contributed by atoms with van der Waals surface area (Å²) in [6.45, 7) is 1.32. The van der Waals surface area contributed by atoms with Crippen molar-refractivity contribution in [2.45, 2.75) is 38.3 Å². The molecule has 0 aromatic heterocycles. The summed E-state index contributed by atoms with van der Waals surface area (Å²) in [5, 5.41) is 6.11. The Morgan fingerprint density at radius 2 is 2.21 bits per heavy atom. The molecule has 0 spiro atoms. The highest BCUT2D eigenvalue weighted by molar-refractivity contribution is 5.85. The summed E-state index contributed by atoms with van der Waals surface area (Å²) in [5.74, 6) is -0.276. The molecule has 0 saturated carbocycles. The van der Waals surface area contributed by atoms with Gasteiger partial charge in [-0.05, 0) is 31.9 Å². The fraction of sp³-hybridized carbons (Fsp3) is 0.500. The van der Waals surface area contributed by atoms with Gasteiger partial charge in [0.05, 0.1) is 0 Å². The monoisotopic (exact) mass is 286 g/mol. The van der Waals surface area contributed by atoms with E-state index in [0.717, 1.165) is 19.4 Å². The average molecular weight is 287 g/mol. The van der Waals surface area contributed by atoms with Crippen molar-refractivity contribution in [2.75, 3.05) is 6.54 Å². The molecule has 1 aliphatic rings. The van der Waals surface area contributed by atoms with E-state index in [1.807, 2.05) is 0 Å². The number of benzene rings is 1. The lowest BCUT2D eigenvalue weighted by Crippen LogP contribution is -2.27. The molecule has 1 saturated heterocycles. The number of carbonyl (C=O) groups excluding carboxylic acids is 1. The maximum absolute atomic E-state index is 13.3. The molecule has 0 radical (unpaired) electrons. The van der Waals surface area contributed by atoms with Crippen molar-refractivity contribution in [2.24, 2.45) is 0 Å². The molecule has 0 aliphatic carbocycles. The van der Waals surface area contributed by atoms with E-state index in [-0.39, 0.29) is 30.7 Å². The molecular weight excluding hydrogens is 267 g/mol. The van der Waals surface area contributed by atoms with Gasteiger partial charge in [0.25, 0.3) is 0 Å². The van der Waals surface area contributed by atoms with Gasteiger partial charge in [0.15, 0.2) is 0 Å². The quantitative estimate of drug-likeness (QED) is 0.873. The number of rotatable bonds is 5. The summed E-state index contributed by atoms with van der Waals surface area (Å²) in [7, 11) is 0. The highest BCUT2D eigenvalue weighted by Crippen LogP contribution is 2.11. The zero-order chi connectivity index (χ0) is 12.8. The minimum Gasteiger partial charge on any atom is -0.352 e. The molecular formula is C14H20ClFN2O. The first-order chi connectivity index (χ1) is 8.75. The topological polar surface area (TPSA) is 41.1 Å². The minimum atomic E-state index is -0.268. The SMILES string of the molecule is Cl.O=C(CCC1CCCN1)NCc1ccccc1F. The van der Waals surface area contributed by atoms with Gasteiger partial charge in [-0.25, -0.2) is 4.39 Å². The van der Waals surface area contributed by atoms with Gasteiger partial charge in [0.2, 0.25) is 5.91 Å². The van der Waals surface area contributed by atoms with Gasteiger partial charge in [0.1, 0.15) is 5.82 Å². The average Bonchev–Trinajstić information content (AvgIpc) is 2.88. The van der Waals surface area contributed by atoms with Crippen molar-refractivity contribution < 1.29 is 9.18 Å². The van der Waals surface area contributed by atoms with Crippen LogP contribution in [0.2, 0.25) is 0 Å². The molecule has 1 heterocycles. The summed E-state index contributed by atoms with van der Waals surface area (Å²) in [6.07, 6.45) is 3.72. The lowest BCUT2D eigenvalue weighted by atomic mass is 10.1. The second-order valence-corrected chi connectivity index (χ2v) is 4.70. The van der Waals surface area contributed by atoms with E-state index >= 15 is 0 Å². The smallest absolute Gasteiger partial charge is 0.220 e. The molecule has 1 atom stereocenters. The highest BCUT2D eigenvalue weighted by Gasteiger charge is 2.15. The second kappa shape index (κ2) is 8.12. The largest absolute Gasteiger partial charge is 0.352 e. The number of hydrogen-bond acceptors (Lipinski definition) is 2. The predicted molar refractivity (Wildman–Crippen MR) is 75.8 cm³/mol. The molecule has 0 bridgehead atoms. The Bertz CT molecular complexity index is 408. The number of hydrogen-bond donors (Lipinski definition) is 2. The van der Waals surface area contributed by atoms with Crippen molar-refractivity contribution in [1.82, 2.24) is 10.6 Å². The molecule has 1 fully saturated rings. The van der Waals surface area contributed by atoms with Crippen molar-refractivity contribution in [3.8, 4) is 0 Å². The molecule has 19 heavy (non-hydrogen) atoms. The van der Waals surface area contributed by atoms with Gasteiger partial charge in [-0.1, -0.05) is 18.2 Å². The summed E-state index contributed by atoms with van der Waals surface area (Å²) >= 11 is 0. The molecule has 106 valence electrons. The predicted octanol–water partition coefficient (Wildman–Crippen LogP) is 2.40. The van der Waals surface area contributed by atoms with Crippen LogP contribution in [0.15, 0.2) is 24.3 Å². The van der Waals surface area contributed by atoms with Crippen LogP contribution >= 0.6 is 12.4 Å². The summed E-state index contributed by atoms with van der Waals surface area (Å²) in [5.41, 5.74) is 0.532. The zero-order valence-corrected chi connectivity index (χ0v) is 11.6. The van der Waals surface area contributed by atoms with E-state index in [9.17, 15) is 9.18 Å². The van der Waals surface area contributed by atoms with Gasteiger partial charge < -0.3 is 10.6 Å². The number of amides is 1. The molecule has 5 heteroatoms. The number of nitrogens with one attached hydrogen (secondary N) is 2.